The first-order valence-corrected chi connectivity index (χ1v) is 9.12. The highest BCUT2D eigenvalue weighted by molar-refractivity contribution is 5.68. The number of likely N-dealkylation sites (tertiary alicyclic amines) is 1. The van der Waals surface area contributed by atoms with Crippen molar-refractivity contribution in [2.24, 2.45) is 0 Å². The number of fused-ring (bicyclic) bond motifs is 1. The molecule has 1 aromatic carbocycles. The van der Waals surface area contributed by atoms with Gasteiger partial charge in [-0.15, -0.1) is 0 Å². The van der Waals surface area contributed by atoms with Crippen LogP contribution in [0.1, 0.15) is 18.5 Å². The van der Waals surface area contributed by atoms with E-state index in [1.165, 1.54) is 5.69 Å². The van der Waals surface area contributed by atoms with Crippen molar-refractivity contribution >= 4 is 17.3 Å². The Morgan fingerprint density at radius 2 is 2.08 bits per heavy atom. The molecule has 25 heavy (non-hydrogen) atoms. The van der Waals surface area contributed by atoms with Crippen LogP contribution in [0, 0.1) is 0 Å². The number of hydrogen-bond donors (Lipinski definition) is 2. The summed E-state index contributed by atoms with van der Waals surface area (Å²) in [6, 6.07) is 10.4. The summed E-state index contributed by atoms with van der Waals surface area (Å²) in [4.78, 5) is 13.8. The maximum atomic E-state index is 9.73. The number of aliphatic hydroxyl groups excluding tert-OH is 1. The van der Waals surface area contributed by atoms with Gasteiger partial charge in [-0.05, 0) is 31.5 Å². The highest BCUT2D eigenvalue weighted by Crippen LogP contribution is 2.32. The van der Waals surface area contributed by atoms with Crippen LogP contribution in [-0.4, -0.2) is 58.8 Å². The van der Waals surface area contributed by atoms with E-state index in [2.05, 4.69) is 44.4 Å². The van der Waals surface area contributed by atoms with E-state index < -0.39 is 0 Å². The number of benzene rings is 1. The van der Waals surface area contributed by atoms with Gasteiger partial charge in [0.05, 0.1) is 23.7 Å². The quantitative estimate of drug-likeness (QED) is 0.869. The van der Waals surface area contributed by atoms with Crippen molar-refractivity contribution < 1.29 is 5.11 Å². The van der Waals surface area contributed by atoms with Crippen LogP contribution in [0.2, 0.25) is 0 Å². The number of nitrogens with zero attached hydrogens (tertiary/aromatic N) is 4. The summed E-state index contributed by atoms with van der Waals surface area (Å²) < 4.78 is 0. The highest BCUT2D eigenvalue weighted by Gasteiger charge is 2.22. The predicted octanol–water partition coefficient (Wildman–Crippen LogP) is 2.04. The number of piperidine rings is 1. The molecule has 1 saturated heterocycles. The zero-order chi connectivity index (χ0) is 17.1. The lowest BCUT2D eigenvalue weighted by Crippen LogP contribution is -2.40. The van der Waals surface area contributed by atoms with Gasteiger partial charge < -0.3 is 15.3 Å². The average Bonchev–Trinajstić information content (AvgIpc) is 3.06. The fourth-order valence-electron chi connectivity index (χ4n) is 3.68. The van der Waals surface area contributed by atoms with Gasteiger partial charge >= 0.3 is 0 Å². The van der Waals surface area contributed by atoms with Crippen molar-refractivity contribution in [3.05, 3.63) is 42.2 Å². The largest absolute Gasteiger partial charge is 0.392 e. The molecule has 2 aliphatic heterocycles. The maximum Gasteiger partial charge on any atom is 0.223 e. The van der Waals surface area contributed by atoms with Crippen molar-refractivity contribution in [1.82, 2.24) is 14.9 Å². The second-order valence-corrected chi connectivity index (χ2v) is 6.79. The van der Waals surface area contributed by atoms with E-state index in [0.717, 1.165) is 63.4 Å². The summed E-state index contributed by atoms with van der Waals surface area (Å²) >= 11 is 0. The number of β-amino-alcohol motifs (C(OH)–C–C–N with tert-alkyl or cyclic N) is 1. The Hall–Kier alpha value is -2.18. The predicted molar refractivity (Wildman–Crippen MR) is 99.4 cm³/mol. The minimum Gasteiger partial charge on any atom is -0.392 e. The number of hydrogen-bond acceptors (Lipinski definition) is 6. The van der Waals surface area contributed by atoms with Crippen molar-refractivity contribution in [2.75, 3.05) is 42.9 Å². The molecule has 0 amide bonds. The second-order valence-electron chi connectivity index (χ2n) is 6.79. The van der Waals surface area contributed by atoms with Crippen molar-refractivity contribution in [1.29, 1.82) is 0 Å². The Morgan fingerprint density at radius 1 is 1.20 bits per heavy atom. The molecule has 0 spiro atoms. The molecule has 2 aliphatic rings. The van der Waals surface area contributed by atoms with Crippen LogP contribution in [0.3, 0.4) is 0 Å². The standard InChI is InChI=1S/C19H25N5O/c25-16-7-4-10-23(14-16)12-9-20-19-21-13-18-17(22-19)8-11-24(18)15-5-2-1-3-6-15/h1-3,5-6,13,16,25H,4,7-12,14H2,(H,20,21,22)/t16-/m1/s1. The van der Waals surface area contributed by atoms with Crippen molar-refractivity contribution in [3.8, 4) is 0 Å². The Bertz CT molecular complexity index is 708. The third kappa shape index (κ3) is 3.75. The Labute approximate surface area is 148 Å². The maximum absolute atomic E-state index is 9.73. The number of nitrogens with one attached hydrogen (secondary N) is 1. The third-order valence-corrected chi connectivity index (χ3v) is 4.97. The van der Waals surface area contributed by atoms with Gasteiger partial charge in [0.1, 0.15) is 0 Å². The molecule has 0 aliphatic carbocycles. The van der Waals surface area contributed by atoms with Crippen molar-refractivity contribution in [3.63, 3.8) is 0 Å². The summed E-state index contributed by atoms with van der Waals surface area (Å²) in [5.74, 6) is 0.700. The van der Waals surface area contributed by atoms with E-state index in [-0.39, 0.29) is 6.10 Å². The van der Waals surface area contributed by atoms with Gasteiger partial charge in [-0.3, -0.25) is 4.90 Å². The van der Waals surface area contributed by atoms with Crippen LogP contribution >= 0.6 is 0 Å². The minimum absolute atomic E-state index is 0.172. The molecule has 0 saturated carbocycles. The van der Waals surface area contributed by atoms with E-state index >= 15 is 0 Å². The third-order valence-electron chi connectivity index (χ3n) is 4.97. The molecule has 6 nitrogen and oxygen atoms in total. The van der Waals surface area contributed by atoms with Gasteiger partial charge in [0.25, 0.3) is 0 Å². The van der Waals surface area contributed by atoms with E-state index in [0.29, 0.717) is 5.95 Å². The zero-order valence-corrected chi connectivity index (χ0v) is 14.4. The summed E-state index contributed by atoms with van der Waals surface area (Å²) in [7, 11) is 0. The molecule has 1 atom stereocenters. The fraction of sp³-hybridized carbons (Fsp3) is 0.474. The SMILES string of the molecule is O[C@@H]1CCCN(CCNc2ncc3c(n2)CCN3c2ccccc2)C1. The van der Waals surface area contributed by atoms with Gasteiger partial charge in [-0.2, -0.15) is 0 Å². The summed E-state index contributed by atoms with van der Waals surface area (Å²) in [5.41, 5.74) is 3.40. The van der Waals surface area contributed by atoms with Gasteiger partial charge in [0.2, 0.25) is 5.95 Å². The van der Waals surface area contributed by atoms with Gasteiger partial charge in [0.15, 0.2) is 0 Å². The minimum atomic E-state index is -0.172. The molecule has 1 fully saturated rings. The normalized spacial score (nSPS) is 20.5. The van der Waals surface area contributed by atoms with Crippen molar-refractivity contribution in [2.45, 2.75) is 25.4 Å². The molecule has 132 valence electrons. The van der Waals surface area contributed by atoms with E-state index in [1.54, 1.807) is 0 Å². The van der Waals surface area contributed by atoms with Gasteiger partial charge in [-0.25, -0.2) is 9.97 Å². The van der Waals surface area contributed by atoms with E-state index in [1.807, 2.05) is 12.3 Å². The molecule has 0 unspecified atom stereocenters. The average molecular weight is 339 g/mol. The second kappa shape index (κ2) is 7.37. The van der Waals surface area contributed by atoms with Crippen LogP contribution in [0.15, 0.2) is 36.5 Å². The smallest absolute Gasteiger partial charge is 0.223 e. The molecule has 2 N–H and O–H groups in total. The fourth-order valence-corrected chi connectivity index (χ4v) is 3.68. The van der Waals surface area contributed by atoms with Crippen LogP contribution in [-0.2, 0) is 6.42 Å². The lowest BCUT2D eigenvalue weighted by atomic mass is 10.1. The number of rotatable bonds is 5. The molecule has 4 rings (SSSR count). The molecular formula is C19H25N5O. The van der Waals surface area contributed by atoms with E-state index in [4.69, 9.17) is 4.98 Å². The Morgan fingerprint density at radius 3 is 2.92 bits per heavy atom. The number of aromatic nitrogens is 2. The molecule has 2 aromatic rings. The molecule has 0 radical (unpaired) electrons. The first kappa shape index (κ1) is 16.3. The van der Waals surface area contributed by atoms with Gasteiger partial charge in [0, 0.05) is 38.3 Å². The molecule has 6 heteroatoms. The molecule has 3 heterocycles. The monoisotopic (exact) mass is 339 g/mol. The summed E-state index contributed by atoms with van der Waals surface area (Å²) in [6.45, 7) is 4.50. The molecular weight excluding hydrogens is 314 g/mol. The lowest BCUT2D eigenvalue weighted by molar-refractivity contribution is 0.0730. The number of aliphatic hydroxyl groups is 1. The Balaban J connectivity index is 1.36. The number of para-hydroxylation sites is 1. The zero-order valence-electron chi connectivity index (χ0n) is 14.4. The summed E-state index contributed by atoms with van der Waals surface area (Å²) in [6.07, 6.45) is 4.70. The topological polar surface area (TPSA) is 64.5 Å². The number of anilines is 3. The molecule has 0 bridgehead atoms. The van der Waals surface area contributed by atoms with Crippen LogP contribution in [0.4, 0.5) is 17.3 Å². The lowest BCUT2D eigenvalue weighted by Gasteiger charge is -2.29. The first-order chi connectivity index (χ1) is 12.3. The van der Waals surface area contributed by atoms with Crippen LogP contribution < -0.4 is 10.2 Å². The van der Waals surface area contributed by atoms with E-state index in [9.17, 15) is 5.11 Å². The van der Waals surface area contributed by atoms with Crippen LogP contribution in [0.25, 0.3) is 0 Å². The molecule has 1 aromatic heterocycles. The Kier molecular flexibility index (Phi) is 4.81. The first-order valence-electron chi connectivity index (χ1n) is 9.12. The van der Waals surface area contributed by atoms with Crippen LogP contribution in [0.5, 0.6) is 0 Å². The summed E-state index contributed by atoms with van der Waals surface area (Å²) in [5, 5.41) is 13.1. The van der Waals surface area contributed by atoms with Gasteiger partial charge in [-0.1, -0.05) is 18.2 Å². The highest BCUT2D eigenvalue weighted by atomic mass is 16.3.